The number of hydrogen-bond donors (Lipinski definition) is 3. The summed E-state index contributed by atoms with van der Waals surface area (Å²) in [5.74, 6) is -0.421. The third-order valence-electron chi connectivity index (χ3n) is 3.51. The molecule has 0 unspecified atom stereocenters. The molecule has 6 nitrogen and oxygen atoms in total. The van der Waals surface area contributed by atoms with E-state index in [4.69, 9.17) is 5.11 Å². The maximum Gasteiger partial charge on any atom is 0.255 e. The number of aryl methyl sites for hydroxylation is 1. The number of rotatable bonds is 1. The fraction of sp³-hybridized carbons (Fsp3) is 0.467. The minimum absolute atomic E-state index is 0.185. The number of nitrogens with zero attached hydrogens (tertiary/aromatic N) is 1. The van der Waals surface area contributed by atoms with Crippen molar-refractivity contribution in [3.05, 3.63) is 29.8 Å². The first kappa shape index (κ1) is 15.5. The lowest BCUT2D eigenvalue weighted by atomic mass is 10.2. The Morgan fingerprint density at radius 3 is 2.38 bits per heavy atom. The fourth-order valence-electron chi connectivity index (χ4n) is 2.30. The summed E-state index contributed by atoms with van der Waals surface area (Å²) >= 11 is 0. The molecule has 3 rings (SSSR count). The van der Waals surface area contributed by atoms with Gasteiger partial charge in [-0.25, -0.2) is 0 Å². The molecular weight excluding hydrogens is 272 g/mol. The van der Waals surface area contributed by atoms with E-state index in [1.165, 1.54) is 0 Å². The molecule has 2 heterocycles. The molecule has 1 aromatic rings. The third-order valence-corrected chi connectivity index (χ3v) is 3.51. The molecule has 2 atom stereocenters. The molecule has 2 aliphatic heterocycles. The predicted octanol–water partition coefficient (Wildman–Crippen LogP) is -0.0402. The summed E-state index contributed by atoms with van der Waals surface area (Å²) in [6.45, 7) is 3.23. The zero-order valence-corrected chi connectivity index (χ0v) is 12.0. The number of carbonyl (C=O) groups excluding carboxylic acids is 2. The quantitative estimate of drug-likeness (QED) is 0.677. The molecule has 0 spiro atoms. The van der Waals surface area contributed by atoms with E-state index in [-0.39, 0.29) is 11.8 Å². The van der Waals surface area contributed by atoms with Crippen LogP contribution >= 0.6 is 0 Å². The van der Waals surface area contributed by atoms with Crippen LogP contribution in [0, 0.1) is 6.92 Å². The van der Waals surface area contributed by atoms with Crippen LogP contribution in [0.5, 0.6) is 0 Å². The number of aliphatic hydroxyl groups excluding tert-OH is 2. The van der Waals surface area contributed by atoms with Crippen molar-refractivity contribution in [2.75, 3.05) is 18.0 Å². The fourth-order valence-corrected chi connectivity index (χ4v) is 2.30. The number of aliphatic hydroxyl groups is 2. The van der Waals surface area contributed by atoms with Gasteiger partial charge in [0.15, 0.2) is 0 Å². The molecule has 0 aromatic heterocycles. The number of nitrogens with one attached hydrogen (secondary N) is 1. The second-order valence-electron chi connectivity index (χ2n) is 5.23. The second kappa shape index (κ2) is 6.69. The van der Waals surface area contributed by atoms with E-state index in [0.29, 0.717) is 25.9 Å². The van der Waals surface area contributed by atoms with Crippen molar-refractivity contribution in [1.82, 2.24) is 5.32 Å². The normalized spacial score (nSPS) is 24.6. The van der Waals surface area contributed by atoms with Crippen LogP contribution in [0.2, 0.25) is 0 Å². The monoisotopic (exact) mass is 292 g/mol. The van der Waals surface area contributed by atoms with Gasteiger partial charge in [-0.2, -0.15) is 0 Å². The van der Waals surface area contributed by atoms with Gasteiger partial charge in [0.25, 0.3) is 5.91 Å². The minimum Gasteiger partial charge on any atom is -0.383 e. The van der Waals surface area contributed by atoms with E-state index in [0.717, 1.165) is 11.3 Å². The van der Waals surface area contributed by atoms with E-state index < -0.39 is 12.2 Å². The standard InChI is InChI=1S/C11H13NO2.C4H7NO2/c1-8-3-2-4-9(7-8)12-6-5-10(13)11(12)14;6-3-1-2-5-4(3)7/h2-4,7,10,13H,5-6H2,1H3;3,6H,1-2H2,(H,5,7)/t10-;3-/m00/s1. The molecule has 1 aromatic carbocycles. The van der Waals surface area contributed by atoms with E-state index in [9.17, 15) is 14.7 Å². The molecule has 0 saturated carbocycles. The van der Waals surface area contributed by atoms with Gasteiger partial charge in [0.1, 0.15) is 12.2 Å². The molecule has 0 aliphatic carbocycles. The van der Waals surface area contributed by atoms with Gasteiger partial charge in [-0.3, -0.25) is 9.59 Å². The van der Waals surface area contributed by atoms with Crippen LogP contribution in [0.1, 0.15) is 18.4 Å². The molecule has 2 saturated heterocycles. The van der Waals surface area contributed by atoms with Gasteiger partial charge in [-0.05, 0) is 31.0 Å². The van der Waals surface area contributed by atoms with Gasteiger partial charge in [-0.15, -0.1) is 0 Å². The molecule has 21 heavy (non-hydrogen) atoms. The van der Waals surface area contributed by atoms with Crippen molar-refractivity contribution in [3.8, 4) is 0 Å². The Bertz CT molecular complexity index is 532. The molecule has 0 radical (unpaired) electrons. The van der Waals surface area contributed by atoms with Crippen LogP contribution in [0.25, 0.3) is 0 Å². The average molecular weight is 292 g/mol. The zero-order valence-electron chi connectivity index (χ0n) is 12.0. The maximum absolute atomic E-state index is 11.5. The van der Waals surface area contributed by atoms with Crippen molar-refractivity contribution in [2.24, 2.45) is 0 Å². The van der Waals surface area contributed by atoms with Gasteiger partial charge in [0.05, 0.1) is 0 Å². The molecule has 0 bridgehead atoms. The summed E-state index contributed by atoms with van der Waals surface area (Å²) in [4.78, 5) is 23.3. The molecule has 114 valence electrons. The van der Waals surface area contributed by atoms with Crippen molar-refractivity contribution in [1.29, 1.82) is 0 Å². The first-order valence-corrected chi connectivity index (χ1v) is 7.01. The molecule has 3 N–H and O–H groups in total. The summed E-state index contributed by atoms with van der Waals surface area (Å²) in [6, 6.07) is 7.75. The van der Waals surface area contributed by atoms with Gasteiger partial charge in [0.2, 0.25) is 5.91 Å². The topological polar surface area (TPSA) is 89.9 Å². The SMILES string of the molecule is Cc1cccc(N2CC[C@H](O)C2=O)c1.O=C1NCC[C@@H]1O. The lowest BCUT2D eigenvalue weighted by Crippen LogP contribution is -2.28. The molecule has 6 heteroatoms. The van der Waals surface area contributed by atoms with Crippen molar-refractivity contribution in [3.63, 3.8) is 0 Å². The second-order valence-corrected chi connectivity index (χ2v) is 5.23. The largest absolute Gasteiger partial charge is 0.383 e. The highest BCUT2D eigenvalue weighted by Crippen LogP contribution is 2.22. The van der Waals surface area contributed by atoms with Gasteiger partial charge >= 0.3 is 0 Å². The summed E-state index contributed by atoms with van der Waals surface area (Å²) in [7, 11) is 0. The van der Waals surface area contributed by atoms with E-state index in [2.05, 4.69) is 5.32 Å². The van der Waals surface area contributed by atoms with Crippen LogP contribution < -0.4 is 10.2 Å². The highest BCUT2D eigenvalue weighted by molar-refractivity contribution is 5.98. The Labute approximate surface area is 123 Å². The highest BCUT2D eigenvalue weighted by atomic mass is 16.3. The van der Waals surface area contributed by atoms with Crippen LogP contribution in [-0.4, -0.2) is 47.3 Å². The van der Waals surface area contributed by atoms with Gasteiger partial charge in [0, 0.05) is 25.2 Å². The number of carbonyl (C=O) groups is 2. The average Bonchev–Trinajstić information content (AvgIpc) is 2.98. The molecule has 2 fully saturated rings. The molecule has 2 amide bonds. The Balaban J connectivity index is 0.000000194. The minimum atomic E-state index is -0.810. The molecular formula is C15H20N2O4. The Kier molecular flexibility index (Phi) is 4.93. The van der Waals surface area contributed by atoms with Crippen LogP contribution in [0.4, 0.5) is 5.69 Å². The lowest BCUT2D eigenvalue weighted by molar-refractivity contribution is -0.126. The number of benzene rings is 1. The predicted molar refractivity (Wildman–Crippen MR) is 77.8 cm³/mol. The van der Waals surface area contributed by atoms with Crippen molar-refractivity contribution >= 4 is 17.5 Å². The Morgan fingerprint density at radius 2 is 1.95 bits per heavy atom. The van der Waals surface area contributed by atoms with E-state index in [1.54, 1.807) is 4.90 Å². The smallest absolute Gasteiger partial charge is 0.255 e. The Morgan fingerprint density at radius 1 is 1.19 bits per heavy atom. The number of amides is 2. The van der Waals surface area contributed by atoms with Gasteiger partial charge in [-0.1, -0.05) is 12.1 Å². The third kappa shape index (κ3) is 3.80. The van der Waals surface area contributed by atoms with Crippen LogP contribution in [-0.2, 0) is 9.59 Å². The van der Waals surface area contributed by atoms with Crippen LogP contribution in [0.15, 0.2) is 24.3 Å². The van der Waals surface area contributed by atoms with E-state index in [1.807, 2.05) is 31.2 Å². The highest BCUT2D eigenvalue weighted by Gasteiger charge is 2.30. The zero-order chi connectivity index (χ0) is 15.4. The molecule has 2 aliphatic rings. The first-order chi connectivity index (χ1) is 9.99. The van der Waals surface area contributed by atoms with E-state index >= 15 is 0 Å². The number of anilines is 1. The Hall–Kier alpha value is -1.92. The summed E-state index contributed by atoms with van der Waals surface area (Å²) < 4.78 is 0. The lowest BCUT2D eigenvalue weighted by Gasteiger charge is -2.16. The van der Waals surface area contributed by atoms with Crippen molar-refractivity contribution < 1.29 is 19.8 Å². The summed E-state index contributed by atoms with van der Waals surface area (Å²) in [6.07, 6.45) is -0.443. The summed E-state index contributed by atoms with van der Waals surface area (Å²) in [5, 5.41) is 20.4. The maximum atomic E-state index is 11.5. The number of hydrogen-bond acceptors (Lipinski definition) is 4. The first-order valence-electron chi connectivity index (χ1n) is 7.01. The van der Waals surface area contributed by atoms with Gasteiger partial charge < -0.3 is 20.4 Å². The van der Waals surface area contributed by atoms with Crippen molar-refractivity contribution in [2.45, 2.75) is 32.0 Å². The van der Waals surface area contributed by atoms with Crippen LogP contribution in [0.3, 0.4) is 0 Å². The summed E-state index contributed by atoms with van der Waals surface area (Å²) in [5.41, 5.74) is 2.00.